The molecule has 0 radical (unpaired) electrons. The zero-order chi connectivity index (χ0) is 15.2. The van der Waals surface area contributed by atoms with E-state index in [0.717, 1.165) is 11.3 Å². The third-order valence-electron chi connectivity index (χ3n) is 3.18. The molecule has 0 saturated carbocycles. The molecule has 1 aromatic heterocycles. The number of hydrogen-bond donors (Lipinski definition) is 2. The monoisotopic (exact) mass is 288 g/mol. The molecule has 1 unspecified atom stereocenters. The quantitative estimate of drug-likeness (QED) is 0.848. The third kappa shape index (κ3) is 4.36. The smallest absolute Gasteiger partial charge is 0.258 e. The van der Waals surface area contributed by atoms with Crippen molar-refractivity contribution >= 4 is 5.91 Å². The highest BCUT2D eigenvalue weighted by Crippen LogP contribution is 2.13. The summed E-state index contributed by atoms with van der Waals surface area (Å²) in [5.74, 6) is 0.401. The molecule has 5 heteroatoms. The fourth-order valence-corrected chi connectivity index (χ4v) is 2.04. The second-order valence-corrected chi connectivity index (χ2v) is 4.97. The topological polar surface area (TPSA) is 63.5 Å². The van der Waals surface area contributed by atoms with Crippen molar-refractivity contribution in [3.8, 4) is 5.75 Å². The van der Waals surface area contributed by atoms with Crippen molar-refractivity contribution < 1.29 is 14.6 Å². The molecule has 112 valence electrons. The Hall–Kier alpha value is -2.27. The van der Waals surface area contributed by atoms with E-state index in [4.69, 9.17) is 4.74 Å². The van der Waals surface area contributed by atoms with E-state index in [1.54, 1.807) is 6.07 Å². The van der Waals surface area contributed by atoms with Crippen LogP contribution in [0.2, 0.25) is 0 Å². The van der Waals surface area contributed by atoms with E-state index in [-0.39, 0.29) is 19.1 Å². The number of aliphatic hydroxyl groups is 1. The molecule has 0 aliphatic heterocycles. The average Bonchev–Trinajstić information content (AvgIpc) is 2.89. The molecule has 2 rings (SSSR count). The minimum absolute atomic E-state index is 0.0662. The van der Waals surface area contributed by atoms with Crippen molar-refractivity contribution in [2.24, 2.45) is 7.05 Å². The number of ether oxygens (including phenoxy) is 1. The van der Waals surface area contributed by atoms with Crippen LogP contribution < -0.4 is 10.1 Å². The SMILES string of the molecule is Cc1cccc(OCC(=O)NCC(O)c2cccn2C)c1. The summed E-state index contributed by atoms with van der Waals surface area (Å²) >= 11 is 0. The van der Waals surface area contributed by atoms with Gasteiger partial charge in [0.1, 0.15) is 11.9 Å². The van der Waals surface area contributed by atoms with E-state index in [0.29, 0.717) is 5.75 Å². The molecule has 0 aliphatic rings. The highest BCUT2D eigenvalue weighted by Gasteiger charge is 2.12. The van der Waals surface area contributed by atoms with Gasteiger partial charge in [0.2, 0.25) is 0 Å². The van der Waals surface area contributed by atoms with E-state index in [1.807, 2.05) is 55.1 Å². The number of carbonyl (C=O) groups is 1. The van der Waals surface area contributed by atoms with Crippen LogP contribution in [-0.4, -0.2) is 28.7 Å². The zero-order valence-electron chi connectivity index (χ0n) is 12.2. The second-order valence-electron chi connectivity index (χ2n) is 4.97. The van der Waals surface area contributed by atoms with Crippen molar-refractivity contribution in [1.29, 1.82) is 0 Å². The number of aryl methyl sites for hydroxylation is 2. The first kappa shape index (κ1) is 15.1. The predicted molar refractivity (Wildman–Crippen MR) is 80.1 cm³/mol. The number of hydrogen-bond acceptors (Lipinski definition) is 3. The molecule has 1 amide bonds. The first-order chi connectivity index (χ1) is 10.1. The standard InChI is InChI=1S/C16H20N2O3/c1-12-5-3-6-13(9-12)21-11-16(20)17-10-15(19)14-7-4-8-18(14)2/h3-9,15,19H,10-11H2,1-2H3,(H,17,20). The average molecular weight is 288 g/mol. The molecule has 21 heavy (non-hydrogen) atoms. The van der Waals surface area contributed by atoms with Gasteiger partial charge >= 0.3 is 0 Å². The highest BCUT2D eigenvalue weighted by atomic mass is 16.5. The number of benzene rings is 1. The van der Waals surface area contributed by atoms with E-state index >= 15 is 0 Å². The molecule has 1 atom stereocenters. The molecular weight excluding hydrogens is 268 g/mol. The Balaban J connectivity index is 1.76. The first-order valence-electron chi connectivity index (χ1n) is 6.81. The summed E-state index contributed by atoms with van der Waals surface area (Å²) in [6.45, 7) is 2.06. The van der Waals surface area contributed by atoms with E-state index in [9.17, 15) is 9.90 Å². The van der Waals surface area contributed by atoms with E-state index < -0.39 is 6.10 Å². The predicted octanol–water partition coefficient (Wildman–Crippen LogP) is 1.56. The van der Waals surface area contributed by atoms with Crippen LogP contribution in [0.15, 0.2) is 42.6 Å². The van der Waals surface area contributed by atoms with Crippen molar-refractivity contribution in [1.82, 2.24) is 9.88 Å². The molecular formula is C16H20N2O3. The number of nitrogens with one attached hydrogen (secondary N) is 1. The van der Waals surface area contributed by atoms with Crippen LogP contribution in [0, 0.1) is 6.92 Å². The van der Waals surface area contributed by atoms with Gasteiger partial charge in [-0.05, 0) is 36.8 Å². The van der Waals surface area contributed by atoms with Gasteiger partial charge < -0.3 is 19.7 Å². The minimum atomic E-state index is -0.729. The minimum Gasteiger partial charge on any atom is -0.484 e. The van der Waals surface area contributed by atoms with Gasteiger partial charge in [0.25, 0.3) is 5.91 Å². The molecule has 0 bridgehead atoms. The molecule has 2 aromatic rings. The number of nitrogens with zero attached hydrogens (tertiary/aromatic N) is 1. The van der Waals surface area contributed by atoms with Crippen molar-refractivity contribution in [2.75, 3.05) is 13.2 Å². The Labute approximate surface area is 124 Å². The molecule has 1 heterocycles. The lowest BCUT2D eigenvalue weighted by molar-refractivity contribution is -0.123. The van der Waals surface area contributed by atoms with Gasteiger partial charge in [-0.1, -0.05) is 12.1 Å². The van der Waals surface area contributed by atoms with Crippen LogP contribution in [0.5, 0.6) is 5.75 Å². The lowest BCUT2D eigenvalue weighted by atomic mass is 10.2. The van der Waals surface area contributed by atoms with E-state index in [1.165, 1.54) is 0 Å². The van der Waals surface area contributed by atoms with Gasteiger partial charge in [0.05, 0.1) is 0 Å². The van der Waals surface area contributed by atoms with Gasteiger partial charge in [-0.3, -0.25) is 4.79 Å². The Kier molecular flexibility index (Phi) is 5.00. The summed E-state index contributed by atoms with van der Waals surface area (Å²) in [6, 6.07) is 11.2. The van der Waals surface area contributed by atoms with Crippen LogP contribution in [0.3, 0.4) is 0 Å². The van der Waals surface area contributed by atoms with Crippen LogP contribution in [0.25, 0.3) is 0 Å². The summed E-state index contributed by atoms with van der Waals surface area (Å²) in [4.78, 5) is 11.7. The van der Waals surface area contributed by atoms with Gasteiger partial charge in [-0.15, -0.1) is 0 Å². The van der Waals surface area contributed by atoms with Gasteiger partial charge in [-0.25, -0.2) is 0 Å². The number of amides is 1. The number of carbonyl (C=O) groups excluding carboxylic acids is 1. The lowest BCUT2D eigenvalue weighted by Crippen LogP contribution is -2.32. The summed E-state index contributed by atoms with van der Waals surface area (Å²) < 4.78 is 7.22. The Morgan fingerprint density at radius 1 is 1.38 bits per heavy atom. The van der Waals surface area contributed by atoms with Crippen molar-refractivity contribution in [2.45, 2.75) is 13.0 Å². The Morgan fingerprint density at radius 3 is 2.86 bits per heavy atom. The summed E-state index contributed by atoms with van der Waals surface area (Å²) in [5.41, 5.74) is 1.84. The maximum atomic E-state index is 11.7. The van der Waals surface area contributed by atoms with E-state index in [2.05, 4.69) is 5.32 Å². The van der Waals surface area contributed by atoms with Gasteiger partial charge in [0, 0.05) is 25.5 Å². The molecule has 0 spiro atoms. The molecule has 5 nitrogen and oxygen atoms in total. The molecule has 2 N–H and O–H groups in total. The van der Waals surface area contributed by atoms with Crippen LogP contribution >= 0.6 is 0 Å². The third-order valence-corrected chi connectivity index (χ3v) is 3.18. The fourth-order valence-electron chi connectivity index (χ4n) is 2.04. The summed E-state index contributed by atoms with van der Waals surface area (Å²) in [6.07, 6.45) is 1.12. The molecule has 0 aliphatic carbocycles. The van der Waals surface area contributed by atoms with Crippen LogP contribution in [0.4, 0.5) is 0 Å². The molecule has 0 fully saturated rings. The summed E-state index contributed by atoms with van der Waals surface area (Å²) in [7, 11) is 1.85. The van der Waals surface area contributed by atoms with Crippen molar-refractivity contribution in [3.05, 3.63) is 53.9 Å². The van der Waals surface area contributed by atoms with Crippen molar-refractivity contribution in [3.63, 3.8) is 0 Å². The summed E-state index contributed by atoms with van der Waals surface area (Å²) in [5, 5.41) is 12.6. The van der Waals surface area contributed by atoms with Crippen LogP contribution in [0.1, 0.15) is 17.4 Å². The number of aliphatic hydroxyl groups excluding tert-OH is 1. The molecule has 0 saturated heterocycles. The second kappa shape index (κ2) is 6.95. The largest absolute Gasteiger partial charge is 0.484 e. The van der Waals surface area contributed by atoms with Gasteiger partial charge in [0.15, 0.2) is 6.61 Å². The highest BCUT2D eigenvalue weighted by molar-refractivity contribution is 5.77. The first-order valence-corrected chi connectivity index (χ1v) is 6.81. The maximum absolute atomic E-state index is 11.7. The maximum Gasteiger partial charge on any atom is 0.258 e. The Bertz CT molecular complexity index is 607. The van der Waals surface area contributed by atoms with Crippen LogP contribution in [-0.2, 0) is 11.8 Å². The number of rotatable bonds is 6. The molecule has 1 aromatic carbocycles. The van der Waals surface area contributed by atoms with Gasteiger partial charge in [-0.2, -0.15) is 0 Å². The normalized spacial score (nSPS) is 12.0. The Morgan fingerprint density at radius 2 is 2.19 bits per heavy atom. The lowest BCUT2D eigenvalue weighted by Gasteiger charge is -2.13. The number of aromatic nitrogens is 1. The zero-order valence-corrected chi connectivity index (χ0v) is 12.2. The fraction of sp³-hybridized carbons (Fsp3) is 0.312.